The smallest absolute Gasteiger partial charge is 0.480 e. The number of rotatable bonds is 9. The third-order valence-electron chi connectivity index (χ3n) is 5.47. The zero-order valence-corrected chi connectivity index (χ0v) is 19.0. The molecule has 2 heterocycles. The van der Waals surface area contributed by atoms with Crippen molar-refractivity contribution in [1.29, 1.82) is 0 Å². The van der Waals surface area contributed by atoms with Gasteiger partial charge in [-0.15, -0.1) is 0 Å². The number of carboxylic acids is 2. The fourth-order valence-corrected chi connectivity index (χ4v) is 5.74. The number of alkyl halides is 3. The molecule has 7 N–H and O–H groups in total. The molecule has 0 amide bonds. The maximum Gasteiger partial charge on any atom is 0.490 e. The lowest BCUT2D eigenvalue weighted by molar-refractivity contribution is -0.192. The number of carboxylic acid groups (broad SMARTS) is 2. The molecule has 12 nitrogen and oxygen atoms in total. The minimum Gasteiger partial charge on any atom is -0.480 e. The van der Waals surface area contributed by atoms with Gasteiger partial charge < -0.3 is 31.3 Å². The second-order valence-corrected chi connectivity index (χ2v) is 10.1. The standard InChI is InChI=1S/C14H29BN4O6S.C2HF3O2/c1-10(2)19(12-6-17-7-12)26(24,25)18-8-11(4-3-5-15(22)23)14(16,9-18)13(20)21;3-2(4,5)1(6)7/h10-12,17,22-23H,3-9,16H2,1-2H3,(H,20,21);(H,6,7)/t11-,14-;/m0./s1. The number of nitrogens with zero attached hydrogens (tertiary/aromatic N) is 2. The first-order valence-corrected chi connectivity index (χ1v) is 11.5. The molecule has 2 aliphatic heterocycles. The molecular formula is C16H30BF3N4O8S. The molecule has 33 heavy (non-hydrogen) atoms. The molecule has 0 aromatic rings. The van der Waals surface area contributed by atoms with Crippen LogP contribution in [-0.4, -0.2) is 106 Å². The summed E-state index contributed by atoms with van der Waals surface area (Å²) in [6, 6.07) is -0.409. The van der Waals surface area contributed by atoms with Crippen LogP contribution in [0.1, 0.15) is 26.7 Å². The molecule has 0 bridgehead atoms. The Morgan fingerprint density at radius 1 is 1.27 bits per heavy atom. The van der Waals surface area contributed by atoms with Gasteiger partial charge in [0.25, 0.3) is 10.2 Å². The lowest BCUT2D eigenvalue weighted by atomic mass is 9.78. The number of nitrogens with one attached hydrogen (secondary N) is 1. The van der Waals surface area contributed by atoms with Crippen LogP contribution >= 0.6 is 0 Å². The lowest BCUT2D eigenvalue weighted by Crippen LogP contribution is -2.63. The molecule has 0 aliphatic carbocycles. The minimum absolute atomic E-state index is 0.00995. The summed E-state index contributed by atoms with van der Waals surface area (Å²) in [6.45, 7) is 4.43. The Morgan fingerprint density at radius 3 is 2.12 bits per heavy atom. The Kier molecular flexibility index (Phi) is 10.1. The number of hydrogen-bond donors (Lipinski definition) is 6. The van der Waals surface area contributed by atoms with E-state index in [-0.39, 0.29) is 31.5 Å². The highest BCUT2D eigenvalue weighted by Gasteiger charge is 2.54. The fraction of sp³-hybridized carbons (Fsp3) is 0.875. The average molecular weight is 506 g/mol. The van der Waals surface area contributed by atoms with Crippen LogP contribution in [0.4, 0.5) is 13.2 Å². The molecule has 0 spiro atoms. The molecule has 2 rings (SSSR count). The van der Waals surface area contributed by atoms with Crippen LogP contribution in [0, 0.1) is 5.92 Å². The molecule has 0 radical (unpaired) electrons. The highest BCUT2D eigenvalue weighted by atomic mass is 32.2. The zero-order valence-electron chi connectivity index (χ0n) is 18.2. The molecule has 192 valence electrons. The molecule has 2 aliphatic rings. The molecule has 2 saturated heterocycles. The Balaban J connectivity index is 0.000000675. The summed E-state index contributed by atoms with van der Waals surface area (Å²) in [5.41, 5.74) is 4.40. The van der Waals surface area contributed by atoms with Gasteiger partial charge in [0, 0.05) is 38.1 Å². The summed E-state index contributed by atoms with van der Waals surface area (Å²) in [5, 5.41) is 37.7. The van der Waals surface area contributed by atoms with E-state index in [9.17, 15) is 31.5 Å². The Morgan fingerprint density at radius 2 is 1.79 bits per heavy atom. The maximum atomic E-state index is 13.1. The first-order valence-electron chi connectivity index (χ1n) is 10.1. The number of halogens is 3. The van der Waals surface area contributed by atoms with Gasteiger partial charge in [-0.05, 0) is 26.6 Å². The Labute approximate surface area is 189 Å². The quantitative estimate of drug-likeness (QED) is 0.201. The van der Waals surface area contributed by atoms with Crippen molar-refractivity contribution in [1.82, 2.24) is 13.9 Å². The van der Waals surface area contributed by atoms with Gasteiger partial charge in [0.15, 0.2) is 0 Å². The average Bonchev–Trinajstić information content (AvgIpc) is 2.96. The van der Waals surface area contributed by atoms with Crippen molar-refractivity contribution in [2.45, 2.75) is 56.8 Å². The van der Waals surface area contributed by atoms with Gasteiger partial charge in [0.05, 0.1) is 6.04 Å². The summed E-state index contributed by atoms with van der Waals surface area (Å²) in [7, 11) is -5.33. The van der Waals surface area contributed by atoms with Crippen molar-refractivity contribution >= 4 is 29.3 Å². The minimum atomic E-state index is -5.08. The fourth-order valence-electron chi connectivity index (χ4n) is 3.67. The summed E-state index contributed by atoms with van der Waals surface area (Å²) in [4.78, 5) is 20.6. The van der Waals surface area contributed by atoms with Crippen LogP contribution in [0.25, 0.3) is 0 Å². The van der Waals surface area contributed by atoms with E-state index in [1.165, 1.54) is 8.61 Å². The van der Waals surface area contributed by atoms with E-state index >= 15 is 0 Å². The van der Waals surface area contributed by atoms with Crippen molar-refractivity contribution in [3.05, 3.63) is 0 Å². The van der Waals surface area contributed by atoms with E-state index < -0.39 is 46.9 Å². The third kappa shape index (κ3) is 7.50. The van der Waals surface area contributed by atoms with Crippen molar-refractivity contribution in [2.75, 3.05) is 26.2 Å². The summed E-state index contributed by atoms with van der Waals surface area (Å²) in [5.74, 6) is -4.60. The van der Waals surface area contributed by atoms with E-state index in [4.69, 9.17) is 25.7 Å². The van der Waals surface area contributed by atoms with Gasteiger partial charge in [0.2, 0.25) is 0 Å². The number of nitrogens with two attached hydrogens (primary N) is 1. The van der Waals surface area contributed by atoms with Gasteiger partial charge in [-0.1, -0.05) is 6.42 Å². The predicted octanol–water partition coefficient (Wildman–Crippen LogP) is -1.49. The molecule has 2 fully saturated rings. The molecule has 0 aromatic heterocycles. The van der Waals surface area contributed by atoms with Gasteiger partial charge in [-0.2, -0.15) is 30.2 Å². The van der Waals surface area contributed by atoms with E-state index in [1.807, 2.05) is 0 Å². The van der Waals surface area contributed by atoms with Gasteiger partial charge in [-0.3, -0.25) is 4.79 Å². The summed E-state index contributed by atoms with van der Waals surface area (Å²) < 4.78 is 60.6. The van der Waals surface area contributed by atoms with Gasteiger partial charge in [0.1, 0.15) is 5.54 Å². The largest absolute Gasteiger partial charge is 0.490 e. The monoisotopic (exact) mass is 506 g/mol. The van der Waals surface area contributed by atoms with Crippen LogP contribution in [0.5, 0.6) is 0 Å². The molecule has 0 saturated carbocycles. The number of hydrogen-bond acceptors (Lipinski definition) is 8. The van der Waals surface area contributed by atoms with Crippen LogP contribution in [0.2, 0.25) is 6.32 Å². The van der Waals surface area contributed by atoms with Crippen molar-refractivity contribution < 1.29 is 51.4 Å². The molecular weight excluding hydrogens is 476 g/mol. The van der Waals surface area contributed by atoms with E-state index in [1.54, 1.807) is 13.8 Å². The first kappa shape index (κ1) is 29.5. The highest BCUT2D eigenvalue weighted by Crippen LogP contribution is 2.34. The van der Waals surface area contributed by atoms with Crippen LogP contribution in [-0.2, 0) is 19.8 Å². The number of aliphatic carboxylic acids is 2. The predicted molar refractivity (Wildman–Crippen MR) is 110 cm³/mol. The zero-order chi connectivity index (χ0) is 25.8. The molecule has 17 heteroatoms. The number of carbonyl (C=O) groups is 2. The third-order valence-corrected chi connectivity index (χ3v) is 7.65. The molecule has 2 atom stereocenters. The summed E-state index contributed by atoms with van der Waals surface area (Å²) >= 11 is 0. The van der Waals surface area contributed by atoms with Crippen LogP contribution in [0.15, 0.2) is 0 Å². The van der Waals surface area contributed by atoms with Crippen molar-refractivity contribution in [3.8, 4) is 0 Å². The van der Waals surface area contributed by atoms with Crippen molar-refractivity contribution in [2.24, 2.45) is 11.7 Å². The Hall–Kier alpha value is -1.50. The van der Waals surface area contributed by atoms with Gasteiger partial charge in [-0.25, -0.2) is 4.79 Å². The second kappa shape index (κ2) is 11.3. The van der Waals surface area contributed by atoms with Crippen LogP contribution in [0.3, 0.4) is 0 Å². The molecule has 0 unspecified atom stereocenters. The lowest BCUT2D eigenvalue weighted by Gasteiger charge is -2.41. The summed E-state index contributed by atoms with van der Waals surface area (Å²) in [6.07, 6.45) is -4.34. The topological polar surface area (TPSA) is 194 Å². The van der Waals surface area contributed by atoms with Crippen LogP contribution < -0.4 is 11.1 Å². The normalized spacial score (nSPS) is 24.4. The molecule has 0 aromatic carbocycles. The van der Waals surface area contributed by atoms with E-state index in [0.29, 0.717) is 25.9 Å². The highest BCUT2D eigenvalue weighted by molar-refractivity contribution is 7.86. The maximum absolute atomic E-state index is 13.1. The van der Waals surface area contributed by atoms with Crippen molar-refractivity contribution in [3.63, 3.8) is 0 Å². The SMILES string of the molecule is CC(C)N(C1CNC1)S(=O)(=O)N1C[C@H](CCCB(O)O)[C@](N)(C(=O)O)C1.O=C(O)C(F)(F)F. The van der Waals surface area contributed by atoms with E-state index in [2.05, 4.69) is 5.32 Å². The second-order valence-electron chi connectivity index (χ2n) is 8.29. The first-order chi connectivity index (χ1) is 14.9. The Bertz CT molecular complexity index is 797. The van der Waals surface area contributed by atoms with E-state index in [0.717, 1.165) is 0 Å². The van der Waals surface area contributed by atoms with Gasteiger partial charge >= 0.3 is 25.2 Å².